The number of carbonyl (C=O) groups is 1. The lowest BCUT2D eigenvalue weighted by Crippen LogP contribution is -2.36. The van der Waals surface area contributed by atoms with Crippen molar-refractivity contribution in [3.63, 3.8) is 0 Å². The quantitative estimate of drug-likeness (QED) is 0.853. The van der Waals surface area contributed by atoms with Crippen molar-refractivity contribution in [1.82, 2.24) is 4.98 Å². The highest BCUT2D eigenvalue weighted by atomic mass is 32.2. The number of nitrogens with zero attached hydrogens (tertiary/aromatic N) is 2. The summed E-state index contributed by atoms with van der Waals surface area (Å²) in [4.78, 5) is 18.8. The number of rotatable bonds is 5. The number of hydrogen-bond acceptors (Lipinski definition) is 5. The summed E-state index contributed by atoms with van der Waals surface area (Å²) in [6.07, 6.45) is 2.21. The first-order valence-corrected chi connectivity index (χ1v) is 10.9. The summed E-state index contributed by atoms with van der Waals surface area (Å²) in [5.74, 6) is 0.0994. The fourth-order valence-corrected chi connectivity index (χ4v) is 5.14. The van der Waals surface area contributed by atoms with E-state index in [-0.39, 0.29) is 23.5 Å². The number of aryl methyl sites for hydroxylation is 2. The Morgan fingerprint density at radius 2 is 2.00 bits per heavy atom. The maximum Gasteiger partial charge on any atom is 0.274 e. The largest absolute Gasteiger partial charge is 0.368 e. The fourth-order valence-electron chi connectivity index (χ4n) is 3.41. The number of carbonyl (C=O) groups excluding carboxylic acids is 1. The maximum atomic E-state index is 12.6. The normalized spacial score (nSPS) is 18.3. The molecule has 1 N–H and O–H groups in total. The van der Waals surface area contributed by atoms with E-state index in [2.05, 4.69) is 10.3 Å². The van der Waals surface area contributed by atoms with Crippen LogP contribution in [0.3, 0.4) is 0 Å². The third-order valence-electron chi connectivity index (χ3n) is 5.06. The van der Waals surface area contributed by atoms with Gasteiger partial charge in [0.1, 0.15) is 5.69 Å². The minimum Gasteiger partial charge on any atom is -0.368 e. The Balaban J connectivity index is 1.79. The molecular formula is C20H25N3O3S. The molecule has 1 aromatic heterocycles. The predicted octanol–water partition coefficient (Wildman–Crippen LogP) is 2.96. The Hall–Kier alpha value is -2.41. The van der Waals surface area contributed by atoms with Crippen molar-refractivity contribution in [2.45, 2.75) is 33.2 Å². The van der Waals surface area contributed by atoms with Gasteiger partial charge in [0.2, 0.25) is 0 Å². The highest BCUT2D eigenvalue weighted by molar-refractivity contribution is 7.91. The second-order valence-electron chi connectivity index (χ2n) is 7.00. The topological polar surface area (TPSA) is 79.4 Å². The molecule has 1 saturated heterocycles. The van der Waals surface area contributed by atoms with Crippen molar-refractivity contribution in [3.8, 4) is 0 Å². The SMILES string of the molecule is CCN(c1ccnc(C(=O)Nc2ccc(C)c(C)c2)c1)C1CCS(=O)(=O)C1. The molecule has 1 aromatic carbocycles. The first kappa shape index (κ1) is 19.4. The van der Waals surface area contributed by atoms with Crippen LogP contribution in [0.15, 0.2) is 36.5 Å². The van der Waals surface area contributed by atoms with Crippen molar-refractivity contribution < 1.29 is 13.2 Å². The van der Waals surface area contributed by atoms with Crippen LogP contribution in [0.4, 0.5) is 11.4 Å². The Bertz CT molecular complexity index is 957. The van der Waals surface area contributed by atoms with Crippen LogP contribution in [0.1, 0.15) is 35.0 Å². The Morgan fingerprint density at radius 3 is 2.63 bits per heavy atom. The third kappa shape index (κ3) is 4.47. The van der Waals surface area contributed by atoms with E-state index in [0.29, 0.717) is 18.7 Å². The molecule has 2 aromatic rings. The molecule has 1 amide bonds. The summed E-state index contributed by atoms with van der Waals surface area (Å²) in [7, 11) is -2.97. The van der Waals surface area contributed by atoms with Gasteiger partial charge in [0.05, 0.1) is 11.5 Å². The van der Waals surface area contributed by atoms with Crippen molar-refractivity contribution in [2.24, 2.45) is 0 Å². The average Bonchev–Trinajstić information content (AvgIpc) is 2.98. The molecule has 144 valence electrons. The van der Waals surface area contributed by atoms with Gasteiger partial charge in [0.15, 0.2) is 9.84 Å². The van der Waals surface area contributed by atoms with Crippen LogP contribution in [-0.2, 0) is 9.84 Å². The molecule has 3 rings (SSSR count). The lowest BCUT2D eigenvalue weighted by molar-refractivity contribution is 0.102. The molecule has 1 fully saturated rings. The molecule has 0 radical (unpaired) electrons. The van der Waals surface area contributed by atoms with Crippen molar-refractivity contribution in [1.29, 1.82) is 0 Å². The molecule has 7 heteroatoms. The Labute approximate surface area is 160 Å². The highest BCUT2D eigenvalue weighted by Gasteiger charge is 2.32. The summed E-state index contributed by atoms with van der Waals surface area (Å²) in [6, 6.07) is 9.25. The first-order chi connectivity index (χ1) is 12.8. The van der Waals surface area contributed by atoms with Crippen LogP contribution >= 0.6 is 0 Å². The van der Waals surface area contributed by atoms with Crippen LogP contribution < -0.4 is 10.2 Å². The third-order valence-corrected chi connectivity index (χ3v) is 6.81. The summed E-state index contributed by atoms with van der Waals surface area (Å²) in [5, 5.41) is 2.88. The van der Waals surface area contributed by atoms with Crippen molar-refractivity contribution in [3.05, 3.63) is 53.3 Å². The number of benzene rings is 1. The van der Waals surface area contributed by atoms with Crippen molar-refractivity contribution in [2.75, 3.05) is 28.3 Å². The summed E-state index contributed by atoms with van der Waals surface area (Å²) in [5.41, 5.74) is 4.13. The second-order valence-corrected chi connectivity index (χ2v) is 9.22. The number of sulfone groups is 1. The van der Waals surface area contributed by atoms with Gasteiger partial charge in [-0.15, -0.1) is 0 Å². The van der Waals surface area contributed by atoms with Gasteiger partial charge in [0, 0.05) is 30.2 Å². The number of nitrogens with one attached hydrogen (secondary N) is 1. The van der Waals surface area contributed by atoms with E-state index in [9.17, 15) is 13.2 Å². The van der Waals surface area contributed by atoms with Crippen LogP contribution in [-0.4, -0.2) is 43.4 Å². The lowest BCUT2D eigenvalue weighted by atomic mass is 10.1. The van der Waals surface area contributed by atoms with Gasteiger partial charge in [-0.3, -0.25) is 9.78 Å². The van der Waals surface area contributed by atoms with E-state index in [4.69, 9.17) is 0 Å². The zero-order valence-corrected chi connectivity index (χ0v) is 16.7. The van der Waals surface area contributed by atoms with Gasteiger partial charge in [-0.1, -0.05) is 6.07 Å². The molecule has 0 aliphatic carbocycles. The van der Waals surface area contributed by atoms with Gasteiger partial charge >= 0.3 is 0 Å². The molecule has 1 unspecified atom stereocenters. The molecule has 0 spiro atoms. The van der Waals surface area contributed by atoms with E-state index < -0.39 is 9.84 Å². The molecule has 0 bridgehead atoms. The smallest absolute Gasteiger partial charge is 0.274 e. The summed E-state index contributed by atoms with van der Waals surface area (Å²) >= 11 is 0. The zero-order chi connectivity index (χ0) is 19.6. The number of hydrogen-bond donors (Lipinski definition) is 1. The first-order valence-electron chi connectivity index (χ1n) is 9.11. The van der Waals surface area contributed by atoms with E-state index >= 15 is 0 Å². The fraction of sp³-hybridized carbons (Fsp3) is 0.400. The molecular weight excluding hydrogens is 362 g/mol. The highest BCUT2D eigenvalue weighted by Crippen LogP contribution is 2.25. The lowest BCUT2D eigenvalue weighted by Gasteiger charge is -2.29. The minimum atomic E-state index is -2.97. The van der Waals surface area contributed by atoms with Gasteiger partial charge in [0.25, 0.3) is 5.91 Å². The molecule has 1 aliphatic heterocycles. The average molecular weight is 388 g/mol. The van der Waals surface area contributed by atoms with Gasteiger partial charge in [-0.2, -0.15) is 0 Å². The number of anilines is 2. The van der Waals surface area contributed by atoms with E-state index in [1.165, 1.54) is 5.56 Å². The maximum absolute atomic E-state index is 12.6. The molecule has 6 nitrogen and oxygen atoms in total. The summed E-state index contributed by atoms with van der Waals surface area (Å²) in [6.45, 7) is 6.68. The second kappa shape index (κ2) is 7.68. The van der Waals surface area contributed by atoms with Crippen LogP contribution in [0, 0.1) is 13.8 Å². The van der Waals surface area contributed by atoms with Crippen LogP contribution in [0.25, 0.3) is 0 Å². The molecule has 27 heavy (non-hydrogen) atoms. The van der Waals surface area contributed by atoms with Crippen LogP contribution in [0.5, 0.6) is 0 Å². The number of amides is 1. The van der Waals surface area contributed by atoms with Crippen LogP contribution in [0.2, 0.25) is 0 Å². The number of aromatic nitrogens is 1. The number of pyridine rings is 1. The molecule has 1 atom stereocenters. The molecule has 0 saturated carbocycles. The van der Waals surface area contributed by atoms with E-state index in [1.54, 1.807) is 12.3 Å². The monoisotopic (exact) mass is 387 g/mol. The van der Waals surface area contributed by atoms with Crippen molar-refractivity contribution >= 4 is 27.1 Å². The summed E-state index contributed by atoms with van der Waals surface area (Å²) < 4.78 is 23.6. The standard InChI is InChI=1S/C20H25N3O3S/c1-4-23(18-8-10-27(25,26)13-18)17-7-9-21-19(12-17)20(24)22-16-6-5-14(2)15(3)11-16/h5-7,9,11-12,18H,4,8,10,13H2,1-3H3,(H,22,24). The van der Waals surface area contributed by atoms with Gasteiger partial charge < -0.3 is 10.2 Å². The van der Waals surface area contributed by atoms with E-state index in [0.717, 1.165) is 16.9 Å². The Morgan fingerprint density at radius 1 is 1.22 bits per heavy atom. The minimum absolute atomic E-state index is 0.0574. The van der Waals surface area contributed by atoms with E-state index in [1.807, 2.05) is 49.9 Å². The predicted molar refractivity (Wildman–Crippen MR) is 108 cm³/mol. The zero-order valence-electron chi connectivity index (χ0n) is 15.9. The van der Waals surface area contributed by atoms with Gasteiger partial charge in [-0.25, -0.2) is 8.42 Å². The molecule has 1 aliphatic rings. The Kier molecular flexibility index (Phi) is 5.51. The molecule has 2 heterocycles. The van der Waals surface area contributed by atoms with Gasteiger partial charge in [-0.05, 0) is 62.6 Å².